The van der Waals surface area contributed by atoms with E-state index < -0.39 is 0 Å². The van der Waals surface area contributed by atoms with Crippen molar-refractivity contribution < 1.29 is 9.13 Å². The van der Waals surface area contributed by atoms with Gasteiger partial charge in [-0.1, -0.05) is 134 Å². The molecule has 5 aromatic carbocycles. The fourth-order valence-corrected chi connectivity index (χ4v) is 11.3. The standard InChI is InChI=1S/C54H57N3S/c1-9-12-18-37-25-26-44-45-27-28-46-47(54(10-2,11-3)57-30-29-38-19-13-15-21-42(38)51(57)49(46)52(45)58-48(44)33-37)34-39-20-14-16-22-43(39)53-55(8)31-32-56(53)50-40(35(4)5)23-17-24-41(50)36(6)7/h13-17,19-36H,9-12,18H2,1-8H3/q+2. The quantitative estimate of drug-likeness (QED) is 0.123. The second kappa shape index (κ2) is 15.1. The van der Waals surface area contributed by atoms with E-state index in [0.29, 0.717) is 11.8 Å². The summed E-state index contributed by atoms with van der Waals surface area (Å²) in [6, 6.07) is 39.4. The summed E-state index contributed by atoms with van der Waals surface area (Å²) in [6.07, 6.45) is 15.0. The van der Waals surface area contributed by atoms with Crippen LogP contribution < -0.4 is 9.13 Å². The Labute approximate surface area is 348 Å². The van der Waals surface area contributed by atoms with E-state index in [2.05, 4.69) is 197 Å². The van der Waals surface area contributed by atoms with Gasteiger partial charge in [0, 0.05) is 51.1 Å². The molecule has 0 atom stereocenters. The summed E-state index contributed by atoms with van der Waals surface area (Å²) in [5.74, 6) is 1.97. The van der Waals surface area contributed by atoms with Gasteiger partial charge in [-0.3, -0.25) is 0 Å². The summed E-state index contributed by atoms with van der Waals surface area (Å²) in [5, 5.41) is 5.33. The van der Waals surface area contributed by atoms with Crippen molar-refractivity contribution in [1.29, 1.82) is 0 Å². The molecule has 292 valence electrons. The van der Waals surface area contributed by atoms with E-state index in [1.54, 1.807) is 0 Å². The number of unbranched alkanes of at least 4 members (excludes halogenated alkanes) is 1. The van der Waals surface area contributed by atoms with Crippen molar-refractivity contribution in [3.05, 3.63) is 150 Å². The third-order valence-electron chi connectivity index (χ3n) is 13.1. The topological polar surface area (TPSA) is 12.7 Å². The maximum atomic E-state index is 2.67. The number of para-hydroxylation sites is 1. The molecule has 0 unspecified atom stereocenters. The van der Waals surface area contributed by atoms with Gasteiger partial charge in [0.2, 0.25) is 5.69 Å². The number of thiophene rings is 1. The molecule has 0 saturated heterocycles. The second-order valence-corrected chi connectivity index (χ2v) is 18.2. The number of aryl methyl sites for hydroxylation is 2. The summed E-state index contributed by atoms with van der Waals surface area (Å²) in [7, 11) is 2.20. The first-order chi connectivity index (χ1) is 28.2. The molecule has 0 N–H and O–H groups in total. The number of hydrogen-bond donors (Lipinski definition) is 0. The molecule has 0 bridgehead atoms. The zero-order valence-electron chi connectivity index (χ0n) is 35.6. The van der Waals surface area contributed by atoms with E-state index in [-0.39, 0.29) is 5.54 Å². The number of nitrogens with zero attached hydrogens (tertiary/aromatic N) is 3. The van der Waals surface area contributed by atoms with Crippen molar-refractivity contribution in [3.63, 3.8) is 0 Å². The minimum absolute atomic E-state index is 0.254. The third kappa shape index (κ3) is 5.98. The van der Waals surface area contributed by atoms with Gasteiger partial charge in [-0.15, -0.1) is 11.3 Å². The van der Waals surface area contributed by atoms with E-state index in [4.69, 9.17) is 0 Å². The Morgan fingerprint density at radius 3 is 2.19 bits per heavy atom. The molecule has 8 aromatic rings. The zero-order valence-corrected chi connectivity index (χ0v) is 36.4. The van der Waals surface area contributed by atoms with Crippen LogP contribution in [0.1, 0.15) is 114 Å². The minimum atomic E-state index is -0.254. The van der Waals surface area contributed by atoms with E-state index >= 15 is 0 Å². The molecule has 0 aliphatic carbocycles. The predicted molar refractivity (Wildman–Crippen MR) is 248 cm³/mol. The highest BCUT2D eigenvalue weighted by molar-refractivity contribution is 7.26. The lowest BCUT2D eigenvalue weighted by Gasteiger charge is -2.36. The zero-order chi connectivity index (χ0) is 40.3. The first-order valence-corrected chi connectivity index (χ1v) is 22.5. The Morgan fingerprint density at radius 1 is 0.724 bits per heavy atom. The molecule has 4 heteroatoms. The Kier molecular flexibility index (Phi) is 9.96. The maximum Gasteiger partial charge on any atom is 0.294 e. The Morgan fingerprint density at radius 2 is 1.45 bits per heavy atom. The van der Waals surface area contributed by atoms with Gasteiger partial charge in [0.05, 0.1) is 28.3 Å². The molecule has 4 heterocycles. The average molecular weight is 780 g/mol. The van der Waals surface area contributed by atoms with Crippen molar-refractivity contribution in [2.45, 2.75) is 97.9 Å². The molecule has 3 nitrogen and oxygen atoms in total. The number of hydrogen-bond acceptors (Lipinski definition) is 1. The van der Waals surface area contributed by atoms with Gasteiger partial charge in [-0.25, -0.2) is 4.57 Å². The van der Waals surface area contributed by atoms with Gasteiger partial charge in [-0.2, -0.15) is 9.13 Å². The summed E-state index contributed by atoms with van der Waals surface area (Å²) in [6.45, 7) is 16.3. The summed E-state index contributed by atoms with van der Waals surface area (Å²) in [4.78, 5) is 0. The number of aromatic nitrogens is 3. The van der Waals surface area contributed by atoms with Crippen LogP contribution in [0.15, 0.2) is 122 Å². The number of imidazole rings is 1. The summed E-state index contributed by atoms with van der Waals surface area (Å²) < 4.78 is 10.2. The van der Waals surface area contributed by atoms with Crippen molar-refractivity contribution in [1.82, 2.24) is 4.57 Å². The van der Waals surface area contributed by atoms with Gasteiger partial charge in [0.1, 0.15) is 18.1 Å². The van der Waals surface area contributed by atoms with Crippen LogP contribution in [0.5, 0.6) is 0 Å². The second-order valence-electron chi connectivity index (χ2n) is 17.1. The minimum Gasteiger partial charge on any atom is -0.232 e. The van der Waals surface area contributed by atoms with Crippen LogP contribution in [0, 0.1) is 0 Å². The molecular formula is C54H57N3S+2. The predicted octanol–water partition coefficient (Wildman–Crippen LogP) is 14.1. The van der Waals surface area contributed by atoms with Crippen LogP contribution in [-0.4, -0.2) is 4.57 Å². The molecule has 0 amide bonds. The molecule has 3 aromatic heterocycles. The molecular weight excluding hydrogens is 723 g/mol. The first-order valence-electron chi connectivity index (χ1n) is 21.6. The van der Waals surface area contributed by atoms with Gasteiger partial charge in [0.25, 0.3) is 5.82 Å². The molecule has 0 spiro atoms. The molecule has 58 heavy (non-hydrogen) atoms. The van der Waals surface area contributed by atoms with Gasteiger partial charge in [0.15, 0.2) is 11.7 Å². The van der Waals surface area contributed by atoms with E-state index in [9.17, 15) is 0 Å². The normalized spacial score (nSPS) is 14.3. The molecule has 1 aliphatic heterocycles. The SMILES string of the molecule is CCCCc1ccc2c(c1)sc1c3c(ccc12)C(=Cc1ccccc1-c1n(-c2c(C(C)C)cccc2C(C)C)cc[n+]1C)C(CC)(CC)[n+]1ccc2ccccc2c1-3. The lowest BCUT2D eigenvalue weighted by atomic mass is 9.73. The average Bonchev–Trinajstić information content (AvgIpc) is 3.82. The monoisotopic (exact) mass is 779 g/mol. The van der Waals surface area contributed by atoms with Gasteiger partial charge < -0.3 is 0 Å². The van der Waals surface area contributed by atoms with E-state index in [1.165, 1.54) is 106 Å². The van der Waals surface area contributed by atoms with E-state index in [0.717, 1.165) is 19.3 Å². The first kappa shape index (κ1) is 38.2. The van der Waals surface area contributed by atoms with Crippen molar-refractivity contribution in [2.24, 2.45) is 7.05 Å². The molecule has 1 aliphatic rings. The van der Waals surface area contributed by atoms with Crippen LogP contribution >= 0.6 is 11.3 Å². The summed E-state index contributed by atoms with van der Waals surface area (Å²) >= 11 is 1.98. The van der Waals surface area contributed by atoms with Crippen LogP contribution in [0.2, 0.25) is 0 Å². The van der Waals surface area contributed by atoms with Crippen molar-refractivity contribution in [2.75, 3.05) is 0 Å². The van der Waals surface area contributed by atoms with Crippen molar-refractivity contribution >= 4 is 53.9 Å². The van der Waals surface area contributed by atoms with Crippen molar-refractivity contribution in [3.8, 4) is 28.3 Å². The highest BCUT2D eigenvalue weighted by Gasteiger charge is 2.49. The van der Waals surface area contributed by atoms with Crippen LogP contribution in [0.3, 0.4) is 0 Å². The molecule has 9 rings (SSSR count). The Balaban J connectivity index is 1.35. The molecule has 0 radical (unpaired) electrons. The Bertz CT molecular complexity index is 2850. The fourth-order valence-electron chi connectivity index (χ4n) is 10.0. The van der Waals surface area contributed by atoms with Crippen LogP contribution in [0.4, 0.5) is 0 Å². The number of fused-ring (bicyclic) bond motifs is 9. The van der Waals surface area contributed by atoms with Gasteiger partial charge in [-0.05, 0) is 71.0 Å². The van der Waals surface area contributed by atoms with Crippen LogP contribution in [-0.2, 0) is 19.0 Å². The van der Waals surface area contributed by atoms with Crippen LogP contribution in [0.25, 0.3) is 70.9 Å². The number of benzene rings is 5. The van der Waals surface area contributed by atoms with Gasteiger partial charge >= 0.3 is 0 Å². The van der Waals surface area contributed by atoms with E-state index in [1.807, 2.05) is 11.3 Å². The summed E-state index contributed by atoms with van der Waals surface area (Å²) in [5.41, 5.74) is 13.2. The smallest absolute Gasteiger partial charge is 0.232 e. The highest BCUT2D eigenvalue weighted by atomic mass is 32.1. The Hall–Kier alpha value is -5.32. The lowest BCUT2D eigenvalue weighted by molar-refractivity contribution is -0.740. The number of pyridine rings is 1. The third-order valence-corrected chi connectivity index (χ3v) is 14.3. The molecule has 0 fully saturated rings. The lowest BCUT2D eigenvalue weighted by Crippen LogP contribution is -2.59. The molecule has 0 saturated carbocycles. The highest BCUT2D eigenvalue weighted by Crippen LogP contribution is 2.52. The largest absolute Gasteiger partial charge is 0.294 e. The number of rotatable bonds is 10. The maximum absolute atomic E-state index is 2.67. The number of allylic oxidation sites excluding steroid dienone is 1. The fraction of sp³-hybridized carbons (Fsp3) is 0.296.